The van der Waals surface area contributed by atoms with Crippen molar-refractivity contribution in [1.82, 2.24) is 0 Å². The molecule has 0 saturated heterocycles. The lowest BCUT2D eigenvalue weighted by atomic mass is 10.2. The lowest BCUT2D eigenvalue weighted by Gasteiger charge is -2.17. The number of aryl methyl sites for hydroxylation is 1. The van der Waals surface area contributed by atoms with Gasteiger partial charge in [0.25, 0.3) is 5.91 Å². The second-order valence-corrected chi connectivity index (χ2v) is 5.35. The van der Waals surface area contributed by atoms with Gasteiger partial charge in [0, 0.05) is 5.69 Å². The smallest absolute Gasteiger partial charge is 0.265 e. The van der Waals surface area contributed by atoms with Crippen molar-refractivity contribution in [3.8, 4) is 5.75 Å². The highest BCUT2D eigenvalue weighted by atomic mass is 35.5. The quantitative estimate of drug-likeness (QED) is 0.875. The van der Waals surface area contributed by atoms with Crippen LogP contribution < -0.4 is 10.1 Å². The summed E-state index contributed by atoms with van der Waals surface area (Å²) in [6, 6.07) is 11.5. The topological polar surface area (TPSA) is 38.3 Å². The van der Waals surface area contributed by atoms with E-state index in [-0.39, 0.29) is 10.9 Å². The van der Waals surface area contributed by atoms with Crippen molar-refractivity contribution in [1.29, 1.82) is 0 Å². The van der Waals surface area contributed by atoms with E-state index in [1.165, 1.54) is 18.2 Å². The number of amides is 1. The Balaban J connectivity index is 2.04. The lowest BCUT2D eigenvalue weighted by Crippen LogP contribution is -2.32. The van der Waals surface area contributed by atoms with Gasteiger partial charge in [0.1, 0.15) is 11.6 Å². The molecule has 3 nitrogen and oxygen atoms in total. The fourth-order valence-electron chi connectivity index (χ4n) is 1.90. The minimum Gasteiger partial charge on any atom is -0.481 e. The third kappa shape index (κ3) is 4.21. The van der Waals surface area contributed by atoms with Gasteiger partial charge in [-0.15, -0.1) is 0 Å². The van der Waals surface area contributed by atoms with Crippen molar-refractivity contribution < 1.29 is 13.9 Å². The lowest BCUT2D eigenvalue weighted by molar-refractivity contribution is -0.122. The summed E-state index contributed by atoms with van der Waals surface area (Å²) in [5.41, 5.74) is 1.55. The molecule has 1 unspecified atom stereocenters. The molecule has 2 rings (SSSR count). The number of hydrogen-bond donors (Lipinski definition) is 1. The number of anilines is 1. The molecule has 0 aliphatic heterocycles. The van der Waals surface area contributed by atoms with Gasteiger partial charge in [-0.05, 0) is 43.7 Å². The first-order valence-corrected chi connectivity index (χ1v) is 7.36. The number of ether oxygens (including phenoxy) is 1. The number of carbonyl (C=O) groups is 1. The van der Waals surface area contributed by atoms with E-state index in [4.69, 9.17) is 16.3 Å². The van der Waals surface area contributed by atoms with Crippen LogP contribution in [0.1, 0.15) is 18.9 Å². The monoisotopic (exact) mass is 321 g/mol. The van der Waals surface area contributed by atoms with E-state index in [2.05, 4.69) is 5.32 Å². The van der Waals surface area contributed by atoms with Gasteiger partial charge in [-0.25, -0.2) is 4.39 Å². The number of benzene rings is 2. The molecule has 2 aromatic rings. The maximum absolute atomic E-state index is 13.1. The summed E-state index contributed by atoms with van der Waals surface area (Å²) in [6.45, 7) is 3.84. The molecule has 1 N–H and O–H groups in total. The highest BCUT2D eigenvalue weighted by Gasteiger charge is 2.18. The zero-order valence-corrected chi connectivity index (χ0v) is 13.2. The molecule has 0 bridgehead atoms. The van der Waals surface area contributed by atoms with Gasteiger partial charge in [-0.2, -0.15) is 0 Å². The molecule has 0 aliphatic carbocycles. The first-order chi connectivity index (χ1) is 10.5. The zero-order valence-electron chi connectivity index (χ0n) is 12.4. The normalized spacial score (nSPS) is 11.8. The molecule has 0 heterocycles. The molecular formula is C17H17ClFNO2. The largest absolute Gasteiger partial charge is 0.481 e. The number of rotatable bonds is 5. The summed E-state index contributed by atoms with van der Waals surface area (Å²) in [5, 5.41) is 2.64. The van der Waals surface area contributed by atoms with Crippen LogP contribution in [0.5, 0.6) is 5.75 Å². The van der Waals surface area contributed by atoms with Crippen LogP contribution in [-0.4, -0.2) is 12.0 Å². The minimum absolute atomic E-state index is 0.0368. The Labute approximate surface area is 134 Å². The maximum Gasteiger partial charge on any atom is 0.265 e. The molecule has 22 heavy (non-hydrogen) atoms. The average Bonchev–Trinajstić information content (AvgIpc) is 2.50. The van der Waals surface area contributed by atoms with Crippen LogP contribution in [0, 0.1) is 12.7 Å². The van der Waals surface area contributed by atoms with Crippen molar-refractivity contribution >= 4 is 23.2 Å². The van der Waals surface area contributed by atoms with Crippen molar-refractivity contribution in [2.75, 3.05) is 5.32 Å². The fraction of sp³-hybridized carbons (Fsp3) is 0.235. The van der Waals surface area contributed by atoms with Crippen LogP contribution in [0.25, 0.3) is 0 Å². The molecule has 2 aromatic carbocycles. The Morgan fingerprint density at radius 3 is 2.55 bits per heavy atom. The van der Waals surface area contributed by atoms with Crippen molar-refractivity contribution in [2.24, 2.45) is 0 Å². The molecule has 5 heteroatoms. The summed E-state index contributed by atoms with van der Waals surface area (Å²) < 4.78 is 18.8. The molecule has 0 aliphatic rings. The number of hydrogen-bond acceptors (Lipinski definition) is 2. The molecule has 0 fully saturated rings. The van der Waals surface area contributed by atoms with Crippen LogP contribution in [0.4, 0.5) is 10.1 Å². The summed E-state index contributed by atoms with van der Waals surface area (Å²) >= 11 is 5.70. The van der Waals surface area contributed by atoms with E-state index >= 15 is 0 Å². The summed E-state index contributed by atoms with van der Waals surface area (Å²) in [7, 11) is 0. The third-order valence-corrected chi connectivity index (χ3v) is 3.44. The molecule has 1 atom stereocenters. The van der Waals surface area contributed by atoms with E-state index in [1.54, 1.807) is 0 Å². The van der Waals surface area contributed by atoms with E-state index in [1.807, 2.05) is 38.1 Å². The van der Waals surface area contributed by atoms with Crippen LogP contribution >= 0.6 is 11.6 Å². The van der Waals surface area contributed by atoms with E-state index < -0.39 is 11.9 Å². The van der Waals surface area contributed by atoms with Gasteiger partial charge in [-0.3, -0.25) is 4.79 Å². The van der Waals surface area contributed by atoms with Gasteiger partial charge in [0.15, 0.2) is 6.10 Å². The maximum atomic E-state index is 13.1. The molecule has 1 amide bonds. The van der Waals surface area contributed by atoms with Gasteiger partial charge in [0.2, 0.25) is 0 Å². The second kappa shape index (κ2) is 7.27. The fourth-order valence-corrected chi connectivity index (χ4v) is 2.08. The van der Waals surface area contributed by atoms with E-state index in [0.29, 0.717) is 17.9 Å². The highest BCUT2D eigenvalue weighted by molar-refractivity contribution is 6.31. The van der Waals surface area contributed by atoms with Gasteiger partial charge >= 0.3 is 0 Å². The van der Waals surface area contributed by atoms with Crippen LogP contribution in [0.15, 0.2) is 42.5 Å². The Kier molecular flexibility index (Phi) is 5.39. The summed E-state index contributed by atoms with van der Waals surface area (Å²) in [6.07, 6.45) is -0.124. The summed E-state index contributed by atoms with van der Waals surface area (Å²) in [5.74, 6) is -0.196. The molecule has 0 saturated carbocycles. The average molecular weight is 322 g/mol. The van der Waals surface area contributed by atoms with Crippen LogP contribution in [0.3, 0.4) is 0 Å². The van der Waals surface area contributed by atoms with Crippen molar-refractivity contribution in [2.45, 2.75) is 26.4 Å². The minimum atomic E-state index is -0.633. The molecule has 116 valence electrons. The van der Waals surface area contributed by atoms with Crippen molar-refractivity contribution in [3.63, 3.8) is 0 Å². The van der Waals surface area contributed by atoms with Crippen LogP contribution in [0.2, 0.25) is 5.02 Å². The van der Waals surface area contributed by atoms with Crippen molar-refractivity contribution in [3.05, 3.63) is 58.9 Å². The molecule has 0 radical (unpaired) electrons. The second-order valence-electron chi connectivity index (χ2n) is 4.95. The number of nitrogens with one attached hydrogen (secondary N) is 1. The zero-order chi connectivity index (χ0) is 16.1. The predicted octanol–water partition coefficient (Wildman–Crippen LogP) is 4.58. The first-order valence-electron chi connectivity index (χ1n) is 6.99. The van der Waals surface area contributed by atoms with Crippen LogP contribution in [-0.2, 0) is 4.79 Å². The van der Waals surface area contributed by atoms with Gasteiger partial charge in [0.05, 0.1) is 5.02 Å². The standard InChI is InChI=1S/C17H17ClFNO2/c1-3-16(22-13-7-4-11(2)5-8-13)17(21)20-12-6-9-15(19)14(18)10-12/h4-10,16H,3H2,1-2H3,(H,20,21). The Morgan fingerprint density at radius 1 is 1.27 bits per heavy atom. The Bertz CT molecular complexity index is 658. The third-order valence-electron chi connectivity index (χ3n) is 3.15. The molecule has 0 aromatic heterocycles. The number of carbonyl (C=O) groups excluding carboxylic acids is 1. The van der Waals surface area contributed by atoms with Gasteiger partial charge < -0.3 is 10.1 Å². The van der Waals surface area contributed by atoms with E-state index in [0.717, 1.165) is 5.56 Å². The predicted molar refractivity (Wildman–Crippen MR) is 85.9 cm³/mol. The molecule has 0 spiro atoms. The Morgan fingerprint density at radius 2 is 1.95 bits per heavy atom. The first kappa shape index (κ1) is 16.3. The summed E-state index contributed by atoms with van der Waals surface area (Å²) in [4.78, 5) is 12.2. The number of halogens is 2. The molecular weight excluding hydrogens is 305 g/mol. The van der Waals surface area contributed by atoms with Gasteiger partial charge in [-0.1, -0.05) is 36.2 Å². The Hall–Kier alpha value is -2.07. The highest BCUT2D eigenvalue weighted by Crippen LogP contribution is 2.20. The SMILES string of the molecule is CCC(Oc1ccc(C)cc1)C(=O)Nc1ccc(F)c(Cl)c1. The van der Waals surface area contributed by atoms with E-state index in [9.17, 15) is 9.18 Å².